The lowest BCUT2D eigenvalue weighted by molar-refractivity contribution is 0.102. The molecule has 0 heterocycles. The molecule has 0 bridgehead atoms. The summed E-state index contributed by atoms with van der Waals surface area (Å²) >= 11 is 0. The fraction of sp³-hybridized carbons (Fsp3) is 0.278. The number of anilines is 1. The molecule has 0 radical (unpaired) electrons. The molecular weight excluding hydrogens is 356 g/mol. The Hall–Kier alpha value is -2.58. The van der Waals surface area contributed by atoms with E-state index in [9.17, 15) is 13.2 Å². The highest BCUT2D eigenvalue weighted by molar-refractivity contribution is 7.89. The zero-order chi connectivity index (χ0) is 19.3. The third-order valence-electron chi connectivity index (χ3n) is 3.45. The largest absolute Gasteiger partial charge is 0.497 e. The molecule has 2 N–H and O–H groups in total. The van der Waals surface area contributed by atoms with Gasteiger partial charge < -0.3 is 14.8 Å². The van der Waals surface area contributed by atoms with Crippen molar-refractivity contribution in [2.24, 2.45) is 0 Å². The molecule has 8 heteroatoms. The highest BCUT2D eigenvalue weighted by Gasteiger charge is 2.19. The third-order valence-corrected chi connectivity index (χ3v) is 5.11. The van der Waals surface area contributed by atoms with Crippen molar-refractivity contribution in [1.29, 1.82) is 0 Å². The Balaban J connectivity index is 2.35. The molecule has 0 saturated carbocycles. The van der Waals surface area contributed by atoms with Gasteiger partial charge in [0.1, 0.15) is 11.5 Å². The lowest BCUT2D eigenvalue weighted by Crippen LogP contribution is -2.30. The number of hydrogen-bond acceptors (Lipinski definition) is 5. The summed E-state index contributed by atoms with van der Waals surface area (Å²) in [5.74, 6) is 0.486. The average molecular weight is 378 g/mol. The zero-order valence-corrected chi connectivity index (χ0v) is 15.9. The van der Waals surface area contributed by atoms with Crippen LogP contribution in [0.25, 0.3) is 0 Å². The highest BCUT2D eigenvalue weighted by atomic mass is 32.2. The topological polar surface area (TPSA) is 93.7 Å². The van der Waals surface area contributed by atoms with Gasteiger partial charge in [0.25, 0.3) is 5.91 Å². The molecule has 0 aliphatic carbocycles. The van der Waals surface area contributed by atoms with Crippen molar-refractivity contribution in [3.8, 4) is 11.5 Å². The fourth-order valence-corrected chi connectivity index (χ4v) is 3.57. The average Bonchev–Trinajstić information content (AvgIpc) is 2.60. The summed E-state index contributed by atoms with van der Waals surface area (Å²) in [6.45, 7) is 3.46. The maximum absolute atomic E-state index is 12.5. The van der Waals surface area contributed by atoms with Gasteiger partial charge in [0, 0.05) is 11.6 Å². The molecule has 0 aromatic heterocycles. The van der Waals surface area contributed by atoms with Gasteiger partial charge in [-0.3, -0.25) is 4.79 Å². The number of nitrogens with one attached hydrogen (secondary N) is 2. The van der Waals surface area contributed by atoms with Crippen molar-refractivity contribution in [3.05, 3.63) is 48.0 Å². The second kappa shape index (κ2) is 8.20. The Labute approximate surface area is 153 Å². The van der Waals surface area contributed by atoms with Crippen molar-refractivity contribution in [2.45, 2.75) is 24.8 Å². The Bertz CT molecular complexity index is 894. The normalized spacial score (nSPS) is 11.3. The van der Waals surface area contributed by atoms with Gasteiger partial charge in [-0.2, -0.15) is 0 Å². The van der Waals surface area contributed by atoms with Crippen LogP contribution in [0.5, 0.6) is 11.5 Å². The zero-order valence-electron chi connectivity index (χ0n) is 15.1. The molecular formula is C18H22N2O5S. The number of methoxy groups -OCH3 is 2. The minimum absolute atomic E-state index is 0.0351. The van der Waals surface area contributed by atoms with Crippen LogP contribution in [-0.2, 0) is 10.0 Å². The van der Waals surface area contributed by atoms with E-state index in [0.29, 0.717) is 17.1 Å². The lowest BCUT2D eigenvalue weighted by atomic mass is 10.2. The van der Waals surface area contributed by atoms with E-state index in [1.54, 1.807) is 38.1 Å². The van der Waals surface area contributed by atoms with Crippen molar-refractivity contribution in [1.82, 2.24) is 4.72 Å². The molecule has 2 aromatic rings. The Morgan fingerprint density at radius 1 is 1.04 bits per heavy atom. The second-order valence-corrected chi connectivity index (χ2v) is 7.54. The minimum Gasteiger partial charge on any atom is -0.497 e. The molecule has 0 spiro atoms. The van der Waals surface area contributed by atoms with Crippen LogP contribution in [0.3, 0.4) is 0 Å². The van der Waals surface area contributed by atoms with Crippen LogP contribution in [0.15, 0.2) is 47.4 Å². The molecule has 0 aliphatic heterocycles. The first-order valence-electron chi connectivity index (χ1n) is 7.92. The number of ether oxygens (including phenoxy) is 2. The van der Waals surface area contributed by atoms with E-state index in [2.05, 4.69) is 10.0 Å². The van der Waals surface area contributed by atoms with Gasteiger partial charge in [-0.05, 0) is 50.2 Å². The van der Waals surface area contributed by atoms with Crippen molar-refractivity contribution >= 4 is 21.6 Å². The predicted molar refractivity (Wildman–Crippen MR) is 99.4 cm³/mol. The molecule has 26 heavy (non-hydrogen) atoms. The molecule has 2 rings (SSSR count). The molecule has 0 saturated heterocycles. The van der Waals surface area contributed by atoms with Gasteiger partial charge in [-0.15, -0.1) is 0 Å². The summed E-state index contributed by atoms with van der Waals surface area (Å²) < 4.78 is 37.5. The standard InChI is InChI=1S/C18H22N2O5S/c1-12(2)20-26(22,23)15-8-9-17(25-4)16(11-15)19-18(21)13-6-5-7-14(10-13)24-3/h5-12,20H,1-4H3,(H,19,21). The van der Waals surface area contributed by atoms with E-state index in [0.717, 1.165) is 0 Å². The first-order chi connectivity index (χ1) is 12.3. The third kappa shape index (κ3) is 4.74. The van der Waals surface area contributed by atoms with Gasteiger partial charge in [-0.1, -0.05) is 6.07 Å². The molecule has 0 unspecified atom stereocenters. The second-order valence-electron chi connectivity index (χ2n) is 5.82. The summed E-state index contributed by atoms with van der Waals surface area (Å²) in [7, 11) is -0.743. The highest BCUT2D eigenvalue weighted by Crippen LogP contribution is 2.28. The lowest BCUT2D eigenvalue weighted by Gasteiger charge is -2.14. The summed E-state index contributed by atoms with van der Waals surface area (Å²) in [6, 6.07) is 10.7. The summed E-state index contributed by atoms with van der Waals surface area (Å²) in [6.07, 6.45) is 0. The van der Waals surface area contributed by atoms with E-state index in [-0.39, 0.29) is 16.6 Å². The summed E-state index contributed by atoms with van der Waals surface area (Å²) in [5.41, 5.74) is 0.631. The maximum atomic E-state index is 12.5. The van der Waals surface area contributed by atoms with Crippen molar-refractivity contribution < 1.29 is 22.7 Å². The Morgan fingerprint density at radius 3 is 2.38 bits per heavy atom. The number of carbonyl (C=O) groups excluding carboxylic acids is 1. The van der Waals surface area contributed by atoms with Crippen LogP contribution in [0.2, 0.25) is 0 Å². The van der Waals surface area contributed by atoms with Crippen LogP contribution in [0.1, 0.15) is 24.2 Å². The first kappa shape index (κ1) is 19.7. The van der Waals surface area contributed by atoms with Crippen molar-refractivity contribution in [2.75, 3.05) is 19.5 Å². The number of benzene rings is 2. The number of rotatable bonds is 7. The smallest absolute Gasteiger partial charge is 0.255 e. The molecule has 7 nitrogen and oxygen atoms in total. The van der Waals surface area contributed by atoms with Gasteiger partial charge in [0.2, 0.25) is 10.0 Å². The molecule has 2 aromatic carbocycles. The number of hydrogen-bond donors (Lipinski definition) is 2. The Morgan fingerprint density at radius 2 is 1.77 bits per heavy atom. The molecule has 0 fully saturated rings. The van der Waals surface area contributed by atoms with E-state index in [1.165, 1.54) is 32.4 Å². The van der Waals surface area contributed by atoms with Gasteiger partial charge in [-0.25, -0.2) is 13.1 Å². The fourth-order valence-electron chi connectivity index (χ4n) is 2.29. The van der Waals surface area contributed by atoms with Crippen LogP contribution in [-0.4, -0.2) is 34.6 Å². The first-order valence-corrected chi connectivity index (χ1v) is 9.41. The quantitative estimate of drug-likeness (QED) is 0.772. The van der Waals surface area contributed by atoms with Crippen LogP contribution >= 0.6 is 0 Å². The van der Waals surface area contributed by atoms with Crippen LogP contribution in [0.4, 0.5) is 5.69 Å². The van der Waals surface area contributed by atoms with Gasteiger partial charge >= 0.3 is 0 Å². The monoisotopic (exact) mass is 378 g/mol. The van der Waals surface area contributed by atoms with E-state index in [1.807, 2.05) is 0 Å². The van der Waals surface area contributed by atoms with Gasteiger partial charge in [0.15, 0.2) is 0 Å². The molecule has 1 amide bonds. The molecule has 0 atom stereocenters. The molecule has 0 aliphatic rings. The number of sulfonamides is 1. The van der Waals surface area contributed by atoms with Crippen molar-refractivity contribution in [3.63, 3.8) is 0 Å². The van der Waals surface area contributed by atoms with Crippen LogP contribution < -0.4 is 19.5 Å². The summed E-state index contributed by atoms with van der Waals surface area (Å²) in [4.78, 5) is 12.5. The Kier molecular flexibility index (Phi) is 6.23. The predicted octanol–water partition coefficient (Wildman–Crippen LogP) is 2.64. The maximum Gasteiger partial charge on any atom is 0.255 e. The van der Waals surface area contributed by atoms with E-state index < -0.39 is 15.9 Å². The van der Waals surface area contributed by atoms with Crippen LogP contribution in [0, 0.1) is 0 Å². The molecule has 140 valence electrons. The summed E-state index contributed by atoms with van der Waals surface area (Å²) in [5, 5.41) is 2.68. The van der Waals surface area contributed by atoms with E-state index in [4.69, 9.17) is 9.47 Å². The number of carbonyl (C=O) groups is 1. The number of amides is 1. The van der Waals surface area contributed by atoms with Gasteiger partial charge in [0.05, 0.1) is 24.8 Å². The SMILES string of the molecule is COc1cccc(C(=O)Nc2cc(S(=O)(=O)NC(C)C)ccc2OC)c1. The minimum atomic E-state index is -3.69. The van der Waals surface area contributed by atoms with E-state index >= 15 is 0 Å².